The normalized spacial score (nSPS) is 12.8. The van der Waals surface area contributed by atoms with Gasteiger partial charge in [0.05, 0.1) is 5.56 Å². The summed E-state index contributed by atoms with van der Waals surface area (Å²) in [6.45, 7) is 0.206. The summed E-state index contributed by atoms with van der Waals surface area (Å²) in [6, 6.07) is 9.73. The average molecular weight is 303 g/mol. The number of carbonyl (C=O) groups excluding carboxylic acids is 1. The molecule has 2 aromatic carbocycles. The lowest BCUT2D eigenvalue weighted by atomic mass is 10.1. The molecule has 0 atom stereocenters. The van der Waals surface area contributed by atoms with E-state index in [1.165, 1.54) is 24.3 Å². The minimum absolute atomic E-state index is 0.0975. The molecule has 0 aromatic heterocycles. The second kappa shape index (κ2) is 5.50. The van der Waals surface area contributed by atoms with Crippen molar-refractivity contribution < 1.29 is 19.4 Å². The van der Waals surface area contributed by atoms with Gasteiger partial charge in [-0.1, -0.05) is 23.7 Å². The Morgan fingerprint density at radius 1 is 1.14 bits per heavy atom. The van der Waals surface area contributed by atoms with Gasteiger partial charge >= 0.3 is 0 Å². The molecule has 1 aliphatic heterocycles. The summed E-state index contributed by atoms with van der Waals surface area (Å²) >= 11 is 5.82. The molecule has 2 aromatic rings. The minimum Gasteiger partial charge on any atom is -0.507 e. The largest absolute Gasteiger partial charge is 0.507 e. The Morgan fingerprint density at radius 2 is 1.95 bits per heavy atom. The third-order valence-electron chi connectivity index (χ3n) is 3.05. The molecule has 106 valence electrons. The van der Waals surface area contributed by atoms with Gasteiger partial charge in [-0.05, 0) is 42.0 Å². The van der Waals surface area contributed by atoms with Crippen molar-refractivity contribution in [3.05, 3.63) is 58.6 Å². The summed E-state index contributed by atoms with van der Waals surface area (Å²) in [5.74, 6) is 0.911. The van der Waals surface area contributed by atoms with Crippen LogP contribution in [-0.2, 0) is 0 Å². The Balaban J connectivity index is 1.82. The molecular weight excluding hydrogens is 292 g/mol. The first kappa shape index (κ1) is 13.5. The van der Waals surface area contributed by atoms with Gasteiger partial charge in [0.2, 0.25) is 6.79 Å². The maximum absolute atomic E-state index is 12.1. The lowest BCUT2D eigenvalue weighted by molar-refractivity contribution is 0.104. The number of allylic oxidation sites excluding steroid dienone is 1. The molecule has 0 saturated carbocycles. The van der Waals surface area contributed by atoms with Crippen molar-refractivity contribution in [1.29, 1.82) is 0 Å². The van der Waals surface area contributed by atoms with E-state index in [0.29, 0.717) is 16.5 Å². The number of benzene rings is 2. The van der Waals surface area contributed by atoms with E-state index >= 15 is 0 Å². The van der Waals surface area contributed by atoms with Crippen LogP contribution in [0.2, 0.25) is 5.02 Å². The number of ether oxygens (including phenoxy) is 2. The van der Waals surface area contributed by atoms with Gasteiger partial charge in [-0.2, -0.15) is 0 Å². The molecule has 1 N–H and O–H groups in total. The predicted octanol–water partition coefficient (Wildman–Crippen LogP) is 3.67. The zero-order valence-corrected chi connectivity index (χ0v) is 11.6. The number of carbonyl (C=O) groups is 1. The Morgan fingerprint density at radius 3 is 2.81 bits per heavy atom. The van der Waals surface area contributed by atoms with E-state index < -0.39 is 0 Å². The summed E-state index contributed by atoms with van der Waals surface area (Å²) in [6.07, 6.45) is 3.02. The van der Waals surface area contributed by atoms with Crippen LogP contribution in [0, 0.1) is 0 Å². The topological polar surface area (TPSA) is 55.8 Å². The SMILES string of the molecule is O=C(/C=C\c1ccc2c(c1)OCO2)c1cc(Cl)ccc1O. The van der Waals surface area contributed by atoms with Crippen molar-refractivity contribution in [3.8, 4) is 17.2 Å². The van der Waals surface area contributed by atoms with E-state index in [1.54, 1.807) is 18.2 Å². The molecular formula is C16H11ClO4. The zero-order chi connectivity index (χ0) is 14.8. The average Bonchev–Trinajstić information content (AvgIpc) is 2.94. The number of halogens is 1. The van der Waals surface area contributed by atoms with Gasteiger partial charge in [-0.25, -0.2) is 0 Å². The van der Waals surface area contributed by atoms with Gasteiger partial charge in [0, 0.05) is 5.02 Å². The van der Waals surface area contributed by atoms with Crippen LogP contribution in [0.3, 0.4) is 0 Å². The lowest BCUT2D eigenvalue weighted by Gasteiger charge is -2.01. The molecule has 0 fully saturated rings. The molecule has 21 heavy (non-hydrogen) atoms. The van der Waals surface area contributed by atoms with Crippen molar-refractivity contribution >= 4 is 23.5 Å². The third kappa shape index (κ3) is 2.85. The highest BCUT2D eigenvalue weighted by molar-refractivity contribution is 6.31. The van der Waals surface area contributed by atoms with Crippen LogP contribution < -0.4 is 9.47 Å². The molecule has 3 rings (SSSR count). The number of phenolic OH excluding ortho intramolecular Hbond substituents is 1. The molecule has 0 saturated heterocycles. The van der Waals surface area contributed by atoms with E-state index in [1.807, 2.05) is 6.07 Å². The van der Waals surface area contributed by atoms with Gasteiger partial charge < -0.3 is 14.6 Å². The molecule has 0 bridgehead atoms. The van der Waals surface area contributed by atoms with Crippen LogP contribution in [0.4, 0.5) is 0 Å². The third-order valence-corrected chi connectivity index (χ3v) is 3.28. The van der Waals surface area contributed by atoms with Gasteiger partial charge in [0.25, 0.3) is 0 Å². The summed E-state index contributed by atoms with van der Waals surface area (Å²) in [7, 11) is 0. The van der Waals surface area contributed by atoms with Crippen molar-refractivity contribution in [2.24, 2.45) is 0 Å². The Hall–Kier alpha value is -2.46. The number of phenols is 1. The second-order valence-corrected chi connectivity index (χ2v) is 4.91. The van der Waals surface area contributed by atoms with Crippen LogP contribution in [0.5, 0.6) is 17.2 Å². The van der Waals surface area contributed by atoms with Crippen molar-refractivity contribution in [2.45, 2.75) is 0 Å². The van der Waals surface area contributed by atoms with Gasteiger partial charge in [-0.15, -0.1) is 0 Å². The van der Waals surface area contributed by atoms with Crippen LogP contribution in [0.15, 0.2) is 42.5 Å². The molecule has 1 heterocycles. The molecule has 5 heteroatoms. The first-order valence-corrected chi connectivity index (χ1v) is 6.62. The predicted molar refractivity (Wildman–Crippen MR) is 79.0 cm³/mol. The highest BCUT2D eigenvalue weighted by atomic mass is 35.5. The van der Waals surface area contributed by atoms with Crippen molar-refractivity contribution in [1.82, 2.24) is 0 Å². The van der Waals surface area contributed by atoms with Crippen LogP contribution >= 0.6 is 11.6 Å². The highest BCUT2D eigenvalue weighted by Gasteiger charge is 2.13. The molecule has 0 unspecified atom stereocenters. The van der Waals surface area contributed by atoms with E-state index in [0.717, 1.165) is 5.56 Å². The fourth-order valence-electron chi connectivity index (χ4n) is 1.98. The fraction of sp³-hybridized carbons (Fsp3) is 0.0625. The molecule has 4 nitrogen and oxygen atoms in total. The Bertz CT molecular complexity index is 737. The maximum Gasteiger partial charge on any atom is 0.231 e. The van der Waals surface area contributed by atoms with Gasteiger partial charge in [0.15, 0.2) is 17.3 Å². The van der Waals surface area contributed by atoms with Crippen LogP contribution in [0.25, 0.3) is 6.08 Å². The Labute approximate surface area is 126 Å². The number of hydrogen-bond donors (Lipinski definition) is 1. The summed E-state index contributed by atoms with van der Waals surface area (Å²) in [5, 5.41) is 10.1. The smallest absolute Gasteiger partial charge is 0.231 e. The monoisotopic (exact) mass is 302 g/mol. The van der Waals surface area contributed by atoms with Crippen LogP contribution in [-0.4, -0.2) is 17.7 Å². The lowest BCUT2D eigenvalue weighted by Crippen LogP contribution is -1.94. The molecule has 0 spiro atoms. The molecule has 1 aliphatic rings. The van der Waals surface area contributed by atoms with Crippen molar-refractivity contribution in [2.75, 3.05) is 6.79 Å². The Kier molecular flexibility index (Phi) is 3.54. The number of aromatic hydroxyl groups is 1. The quantitative estimate of drug-likeness (QED) is 0.694. The highest BCUT2D eigenvalue weighted by Crippen LogP contribution is 2.33. The van der Waals surface area contributed by atoms with E-state index in [2.05, 4.69) is 0 Å². The van der Waals surface area contributed by atoms with Crippen LogP contribution in [0.1, 0.15) is 15.9 Å². The number of fused-ring (bicyclic) bond motifs is 1. The van der Waals surface area contributed by atoms with Crippen molar-refractivity contribution in [3.63, 3.8) is 0 Å². The van der Waals surface area contributed by atoms with E-state index in [-0.39, 0.29) is 23.9 Å². The van der Waals surface area contributed by atoms with Gasteiger partial charge in [-0.3, -0.25) is 4.79 Å². The second-order valence-electron chi connectivity index (χ2n) is 4.47. The number of ketones is 1. The van der Waals surface area contributed by atoms with E-state index in [4.69, 9.17) is 21.1 Å². The minimum atomic E-state index is -0.326. The summed E-state index contributed by atoms with van der Waals surface area (Å²) < 4.78 is 10.5. The van der Waals surface area contributed by atoms with Gasteiger partial charge in [0.1, 0.15) is 5.75 Å². The standard InChI is InChI=1S/C16H11ClO4/c17-11-3-5-14(19)12(8-11)13(18)4-1-10-2-6-15-16(7-10)21-9-20-15/h1-8,19H,9H2/b4-1-. The van der Waals surface area contributed by atoms with E-state index in [9.17, 15) is 9.90 Å². The zero-order valence-electron chi connectivity index (χ0n) is 10.9. The maximum atomic E-state index is 12.1. The number of rotatable bonds is 3. The first-order chi connectivity index (χ1) is 10.1. The molecule has 0 amide bonds. The fourth-order valence-corrected chi connectivity index (χ4v) is 2.16. The summed E-state index contributed by atoms with van der Waals surface area (Å²) in [5.41, 5.74) is 0.966. The number of hydrogen-bond acceptors (Lipinski definition) is 4. The molecule has 0 radical (unpaired) electrons. The summed E-state index contributed by atoms with van der Waals surface area (Å²) in [4.78, 5) is 12.1. The molecule has 0 aliphatic carbocycles. The first-order valence-electron chi connectivity index (χ1n) is 6.24.